The van der Waals surface area contributed by atoms with Crippen LogP contribution < -0.4 is 32.1 Å². The number of aromatic nitrogens is 4. The SMILES string of the molecule is CC(C)(C)OC(=O)CC[C@H](NC(=O)c1ccc(N(Cc2cnc3nc(N)[nH]c(=O)c3n2)C(=O)C(F)(F)F)cc1)C(=O)NCCNC(=O)OCC1c2ccccc2-c2ccccc21. The molecule has 17 nitrogen and oxygen atoms in total. The van der Waals surface area contributed by atoms with E-state index in [4.69, 9.17) is 15.2 Å². The fraction of sp³-hybridized carbons (Fsp3) is 0.310. The summed E-state index contributed by atoms with van der Waals surface area (Å²) in [6, 6.07) is 18.9. The maximum absolute atomic E-state index is 13.8. The molecule has 0 unspecified atom stereocenters. The Balaban J connectivity index is 1.08. The molecular formula is C42H42F3N9O8. The summed E-state index contributed by atoms with van der Waals surface area (Å²) in [5.41, 5.74) is 7.04. The van der Waals surface area contributed by atoms with Gasteiger partial charge in [0.15, 0.2) is 11.2 Å². The number of fused-ring (bicyclic) bond motifs is 4. The van der Waals surface area contributed by atoms with E-state index in [0.717, 1.165) is 52.7 Å². The van der Waals surface area contributed by atoms with E-state index >= 15 is 0 Å². The van der Waals surface area contributed by atoms with Gasteiger partial charge in [0.1, 0.15) is 18.2 Å². The summed E-state index contributed by atoms with van der Waals surface area (Å²) in [6.07, 6.45) is -5.47. The van der Waals surface area contributed by atoms with Gasteiger partial charge in [0.2, 0.25) is 11.9 Å². The fourth-order valence-corrected chi connectivity index (χ4v) is 6.72. The Hall–Kier alpha value is -7.38. The zero-order chi connectivity index (χ0) is 44.8. The summed E-state index contributed by atoms with van der Waals surface area (Å²) in [5.74, 6) is -4.86. The van der Waals surface area contributed by atoms with Crippen molar-refractivity contribution in [1.82, 2.24) is 35.9 Å². The van der Waals surface area contributed by atoms with E-state index in [2.05, 4.69) is 35.9 Å². The number of nitrogens with two attached hydrogens (primary N) is 1. The number of nitrogens with zero attached hydrogens (tertiary/aromatic N) is 4. The van der Waals surface area contributed by atoms with Gasteiger partial charge >= 0.3 is 24.1 Å². The maximum Gasteiger partial charge on any atom is 0.471 e. The average Bonchev–Trinajstić information content (AvgIpc) is 3.54. The van der Waals surface area contributed by atoms with Crippen molar-refractivity contribution in [3.8, 4) is 11.1 Å². The highest BCUT2D eigenvalue weighted by Crippen LogP contribution is 2.44. The lowest BCUT2D eigenvalue weighted by Gasteiger charge is -2.24. The average molecular weight is 858 g/mol. The highest BCUT2D eigenvalue weighted by Gasteiger charge is 2.43. The third-order valence-electron chi connectivity index (χ3n) is 9.45. The predicted octanol–water partition coefficient (Wildman–Crippen LogP) is 4.27. The van der Waals surface area contributed by atoms with Gasteiger partial charge in [0.25, 0.3) is 11.5 Å². The minimum atomic E-state index is -5.33. The van der Waals surface area contributed by atoms with Gasteiger partial charge < -0.3 is 31.2 Å². The van der Waals surface area contributed by atoms with Crippen molar-refractivity contribution in [3.05, 3.63) is 112 Å². The number of esters is 1. The third-order valence-corrected chi connectivity index (χ3v) is 9.45. The number of benzene rings is 3. The van der Waals surface area contributed by atoms with Gasteiger partial charge in [-0.1, -0.05) is 48.5 Å². The first-order valence-corrected chi connectivity index (χ1v) is 19.3. The molecule has 1 atom stereocenters. The van der Waals surface area contributed by atoms with Crippen LogP contribution in [0, 0.1) is 0 Å². The van der Waals surface area contributed by atoms with Crippen molar-refractivity contribution in [2.45, 2.75) is 63.9 Å². The van der Waals surface area contributed by atoms with Gasteiger partial charge in [-0.2, -0.15) is 18.2 Å². The summed E-state index contributed by atoms with van der Waals surface area (Å²) in [6.45, 7) is 4.17. The first-order valence-electron chi connectivity index (χ1n) is 19.3. The molecule has 1 aliphatic carbocycles. The van der Waals surface area contributed by atoms with Crippen LogP contribution in [0.15, 0.2) is 83.8 Å². The monoisotopic (exact) mass is 857 g/mol. The first-order chi connectivity index (χ1) is 29.4. The molecule has 6 N–H and O–H groups in total. The molecular weight excluding hydrogens is 816 g/mol. The van der Waals surface area contributed by atoms with E-state index in [1.807, 2.05) is 48.5 Å². The molecule has 0 aliphatic heterocycles. The van der Waals surface area contributed by atoms with Crippen LogP contribution in [0.2, 0.25) is 0 Å². The number of ether oxygens (including phenoxy) is 2. The highest BCUT2D eigenvalue weighted by atomic mass is 19.4. The number of alkyl carbamates (subject to hydrolysis) is 1. The molecule has 20 heteroatoms. The van der Waals surface area contributed by atoms with Crippen LogP contribution in [0.3, 0.4) is 0 Å². The Morgan fingerprint density at radius 1 is 0.887 bits per heavy atom. The number of anilines is 2. The lowest BCUT2D eigenvalue weighted by Crippen LogP contribution is -2.48. The molecule has 0 spiro atoms. The van der Waals surface area contributed by atoms with Crippen molar-refractivity contribution in [3.63, 3.8) is 0 Å². The molecule has 0 bridgehead atoms. The van der Waals surface area contributed by atoms with Crippen molar-refractivity contribution in [2.24, 2.45) is 0 Å². The summed E-state index contributed by atoms with van der Waals surface area (Å²) in [4.78, 5) is 91.2. The number of hydrogen-bond donors (Lipinski definition) is 5. The fourth-order valence-electron chi connectivity index (χ4n) is 6.72. The Labute approximate surface area is 351 Å². The van der Waals surface area contributed by atoms with E-state index < -0.39 is 59.7 Å². The number of alkyl halides is 3. The summed E-state index contributed by atoms with van der Waals surface area (Å²) in [5, 5.41) is 7.73. The molecule has 5 aromatic rings. The second kappa shape index (κ2) is 18.5. The maximum atomic E-state index is 13.8. The number of nitrogen functional groups attached to an aromatic ring is 1. The molecule has 0 saturated carbocycles. The van der Waals surface area contributed by atoms with Crippen molar-refractivity contribution in [2.75, 3.05) is 30.3 Å². The zero-order valence-corrected chi connectivity index (χ0v) is 33.7. The van der Waals surface area contributed by atoms with Gasteiger partial charge in [-0.15, -0.1) is 0 Å². The molecule has 324 valence electrons. The van der Waals surface area contributed by atoms with E-state index in [0.29, 0.717) is 4.90 Å². The van der Waals surface area contributed by atoms with Gasteiger partial charge in [-0.05, 0) is 73.7 Å². The number of nitrogens with one attached hydrogen (secondary N) is 4. The zero-order valence-electron chi connectivity index (χ0n) is 33.7. The number of halogens is 3. The van der Waals surface area contributed by atoms with Crippen LogP contribution >= 0.6 is 0 Å². The molecule has 2 aromatic heterocycles. The number of hydrogen-bond acceptors (Lipinski definition) is 12. The molecule has 2 heterocycles. The number of H-pyrrole nitrogens is 1. The molecule has 1 aliphatic rings. The van der Waals surface area contributed by atoms with Gasteiger partial charge in [-0.25, -0.2) is 14.8 Å². The van der Waals surface area contributed by atoms with E-state index in [1.54, 1.807) is 20.8 Å². The quantitative estimate of drug-likeness (QED) is 0.0778. The number of aromatic amines is 1. The first kappa shape index (κ1) is 44.2. The Morgan fingerprint density at radius 2 is 1.52 bits per heavy atom. The van der Waals surface area contributed by atoms with Crippen LogP contribution in [0.1, 0.15) is 66.7 Å². The van der Waals surface area contributed by atoms with E-state index in [1.165, 1.54) is 0 Å². The standard InChI is InChI=1S/C42H42F3N9O8/c1-41(2,3)62-32(55)17-16-31(36(57)47-18-19-48-40(60)61-22-30-28-10-6-4-8-26(28)27-9-5-7-11-29(27)30)51-35(56)23-12-14-25(15-13-23)54(38(59)42(43,44)45)21-24-20-49-34-33(50-24)37(58)53-39(46)52-34/h4-15,20,30-31H,16-19,21-22H2,1-3H3,(H,47,57)(H,48,60)(H,51,56)(H3,46,49,52,53,58)/t31-/m0/s1. The van der Waals surface area contributed by atoms with Gasteiger partial charge in [0.05, 0.1) is 18.4 Å². The molecule has 62 heavy (non-hydrogen) atoms. The lowest BCUT2D eigenvalue weighted by atomic mass is 9.98. The highest BCUT2D eigenvalue weighted by molar-refractivity contribution is 6.00. The molecule has 3 aromatic carbocycles. The van der Waals surface area contributed by atoms with Crippen molar-refractivity contribution in [1.29, 1.82) is 0 Å². The molecule has 6 rings (SSSR count). The van der Waals surface area contributed by atoms with Crippen LogP contribution in [-0.2, 0) is 30.4 Å². The van der Waals surface area contributed by atoms with Crippen LogP contribution in [0.5, 0.6) is 0 Å². The summed E-state index contributed by atoms with van der Waals surface area (Å²) < 4.78 is 52.2. The van der Waals surface area contributed by atoms with E-state index in [-0.39, 0.29) is 72.5 Å². The second-order valence-corrected chi connectivity index (χ2v) is 15.1. The van der Waals surface area contributed by atoms with Gasteiger partial charge in [0, 0.05) is 36.7 Å². The summed E-state index contributed by atoms with van der Waals surface area (Å²) >= 11 is 0. The normalized spacial score (nSPS) is 12.7. The van der Waals surface area contributed by atoms with E-state index in [9.17, 15) is 41.9 Å². The second-order valence-electron chi connectivity index (χ2n) is 15.1. The molecule has 0 saturated heterocycles. The molecule has 0 fully saturated rings. The lowest BCUT2D eigenvalue weighted by molar-refractivity contribution is -0.170. The minimum Gasteiger partial charge on any atom is -0.460 e. The Morgan fingerprint density at radius 3 is 2.15 bits per heavy atom. The van der Waals surface area contributed by atoms with Gasteiger partial charge in [-0.3, -0.25) is 33.9 Å². The van der Waals surface area contributed by atoms with Crippen LogP contribution in [0.25, 0.3) is 22.3 Å². The predicted molar refractivity (Wildman–Crippen MR) is 218 cm³/mol. The number of carbonyl (C=O) groups is 5. The number of amides is 4. The summed E-state index contributed by atoms with van der Waals surface area (Å²) in [7, 11) is 0. The van der Waals surface area contributed by atoms with Crippen molar-refractivity contribution < 1.29 is 46.6 Å². The molecule has 0 radical (unpaired) electrons. The smallest absolute Gasteiger partial charge is 0.460 e. The van der Waals surface area contributed by atoms with Crippen LogP contribution in [-0.4, -0.2) is 87.2 Å². The topological polar surface area (TPSA) is 241 Å². The van der Waals surface area contributed by atoms with Crippen LogP contribution in [0.4, 0.5) is 29.6 Å². The Kier molecular flexibility index (Phi) is 13.2. The number of carbonyl (C=O) groups excluding carboxylic acids is 5. The number of rotatable bonds is 14. The third kappa shape index (κ3) is 10.9. The Bertz CT molecular complexity index is 2510. The largest absolute Gasteiger partial charge is 0.471 e. The van der Waals surface area contributed by atoms with Crippen molar-refractivity contribution >= 4 is 52.6 Å². The molecule has 4 amide bonds. The minimum absolute atomic E-state index is 0.0451.